The second kappa shape index (κ2) is 9.34. The molecule has 1 aromatic rings. The summed E-state index contributed by atoms with van der Waals surface area (Å²) in [5.41, 5.74) is 0.486. The van der Waals surface area contributed by atoms with Crippen LogP contribution in [0.4, 0.5) is 13.6 Å². The molecule has 0 saturated carbocycles. The number of nitrogens with one attached hydrogen (secondary N) is 2. The third kappa shape index (κ3) is 6.38. The Labute approximate surface area is 130 Å². The van der Waals surface area contributed by atoms with Crippen molar-refractivity contribution in [1.82, 2.24) is 10.6 Å². The largest absolute Gasteiger partial charge is 0.434 e. The smallest absolute Gasteiger partial charge is 0.387 e. The maximum Gasteiger partial charge on any atom is 0.387 e. The molecule has 0 unspecified atom stereocenters. The minimum atomic E-state index is -2.92. The van der Waals surface area contributed by atoms with Crippen molar-refractivity contribution in [2.45, 2.75) is 26.0 Å². The van der Waals surface area contributed by atoms with Crippen LogP contribution >= 0.6 is 0 Å². The van der Waals surface area contributed by atoms with E-state index in [4.69, 9.17) is 0 Å². The number of benzene rings is 1. The number of hydrogen-bond acceptors (Lipinski definition) is 3. The highest BCUT2D eigenvalue weighted by Crippen LogP contribution is 2.28. The number of carbonyl (C=O) groups is 1. The normalized spacial score (nSPS) is 13.5. The van der Waals surface area contributed by atoms with E-state index in [0.717, 1.165) is 0 Å². The van der Waals surface area contributed by atoms with Gasteiger partial charge in [-0.05, 0) is 12.5 Å². The highest BCUT2D eigenvalue weighted by Gasteiger charge is 2.18. The van der Waals surface area contributed by atoms with Crippen LogP contribution in [0.5, 0.6) is 5.75 Å². The molecule has 2 amide bonds. The van der Waals surface area contributed by atoms with Gasteiger partial charge in [0.15, 0.2) is 0 Å². The van der Waals surface area contributed by atoms with Gasteiger partial charge in [-0.1, -0.05) is 25.1 Å². The summed E-state index contributed by atoms with van der Waals surface area (Å²) in [4.78, 5) is 11.8. The van der Waals surface area contributed by atoms with Gasteiger partial charge in [-0.25, -0.2) is 4.79 Å². The Hall–Kier alpha value is -1.70. The summed E-state index contributed by atoms with van der Waals surface area (Å²) in [5, 5.41) is 5.27. The van der Waals surface area contributed by atoms with E-state index in [1.165, 1.54) is 6.07 Å². The lowest BCUT2D eigenvalue weighted by Gasteiger charge is -2.20. The average molecular weight is 334 g/mol. The molecule has 0 spiro atoms. The molecule has 2 N–H and O–H groups in total. The van der Waals surface area contributed by atoms with E-state index in [1.54, 1.807) is 24.5 Å². The lowest BCUT2D eigenvalue weighted by molar-refractivity contribution is -0.0506. The standard InChI is InChI=1S/C14H20F2N2O3S/c1-3-11(18-14(19)17-8-9-22(2)20)10-6-4-5-7-12(10)21-13(15)16/h4-7,11,13H,3,8-9H2,1-2H3,(H2,17,18,19)/t11-,22-/m0/s1. The molecule has 5 nitrogen and oxygen atoms in total. The molecule has 0 aliphatic carbocycles. The maximum atomic E-state index is 12.4. The summed E-state index contributed by atoms with van der Waals surface area (Å²) in [6, 6.07) is 5.45. The Balaban J connectivity index is 2.71. The number of ether oxygens (including phenoxy) is 1. The average Bonchev–Trinajstić information content (AvgIpc) is 2.44. The molecule has 0 saturated heterocycles. The van der Waals surface area contributed by atoms with Crippen molar-refractivity contribution in [3.8, 4) is 5.75 Å². The fourth-order valence-electron chi connectivity index (χ4n) is 1.89. The summed E-state index contributed by atoms with van der Waals surface area (Å²) in [6.07, 6.45) is 2.06. The first-order chi connectivity index (χ1) is 10.4. The van der Waals surface area contributed by atoms with Crippen LogP contribution in [0.1, 0.15) is 24.9 Å². The van der Waals surface area contributed by atoms with Crippen LogP contribution in [-0.2, 0) is 10.8 Å². The Bertz CT molecular complexity index is 515. The predicted molar refractivity (Wildman–Crippen MR) is 81.6 cm³/mol. The van der Waals surface area contributed by atoms with E-state index in [1.807, 2.05) is 6.92 Å². The summed E-state index contributed by atoms with van der Waals surface area (Å²) < 4.78 is 40.2. The maximum absolute atomic E-state index is 12.4. The van der Waals surface area contributed by atoms with Crippen LogP contribution in [-0.4, -0.2) is 35.4 Å². The highest BCUT2D eigenvalue weighted by molar-refractivity contribution is 7.84. The fraction of sp³-hybridized carbons (Fsp3) is 0.500. The molecule has 0 aliphatic rings. The number of rotatable bonds is 8. The second-order valence-corrected chi connectivity index (χ2v) is 6.11. The van der Waals surface area contributed by atoms with Gasteiger partial charge in [0.05, 0.1) is 6.04 Å². The zero-order chi connectivity index (χ0) is 16.5. The number of amides is 2. The number of alkyl halides is 2. The molecular formula is C14H20F2N2O3S. The van der Waals surface area contributed by atoms with Gasteiger partial charge in [-0.3, -0.25) is 4.21 Å². The molecular weight excluding hydrogens is 314 g/mol. The topological polar surface area (TPSA) is 67.4 Å². The molecule has 8 heteroatoms. The molecule has 2 atom stereocenters. The van der Waals surface area contributed by atoms with Crippen LogP contribution in [0.2, 0.25) is 0 Å². The molecule has 1 aromatic carbocycles. The third-order valence-electron chi connectivity index (χ3n) is 2.90. The molecule has 0 radical (unpaired) electrons. The minimum absolute atomic E-state index is 0.0410. The van der Waals surface area contributed by atoms with Crippen molar-refractivity contribution in [1.29, 1.82) is 0 Å². The van der Waals surface area contributed by atoms with Crippen molar-refractivity contribution in [3.05, 3.63) is 29.8 Å². The van der Waals surface area contributed by atoms with E-state index in [9.17, 15) is 17.8 Å². The van der Waals surface area contributed by atoms with Crippen molar-refractivity contribution in [2.24, 2.45) is 0 Å². The summed E-state index contributed by atoms with van der Waals surface area (Å²) in [7, 11) is -0.989. The van der Waals surface area contributed by atoms with E-state index in [-0.39, 0.29) is 12.3 Å². The molecule has 0 aromatic heterocycles. The first-order valence-electron chi connectivity index (χ1n) is 6.82. The second-order valence-electron chi connectivity index (χ2n) is 4.55. The number of halogens is 2. The van der Waals surface area contributed by atoms with Gasteiger partial charge in [0.1, 0.15) is 5.75 Å². The van der Waals surface area contributed by atoms with Gasteiger partial charge in [0.25, 0.3) is 0 Å². The van der Waals surface area contributed by atoms with E-state index in [0.29, 0.717) is 17.7 Å². The zero-order valence-electron chi connectivity index (χ0n) is 12.5. The lowest BCUT2D eigenvalue weighted by atomic mass is 10.0. The van der Waals surface area contributed by atoms with Crippen molar-refractivity contribution < 1.29 is 22.5 Å². The number of para-hydroxylation sites is 1. The van der Waals surface area contributed by atoms with Crippen molar-refractivity contribution in [2.75, 3.05) is 18.6 Å². The van der Waals surface area contributed by atoms with E-state index in [2.05, 4.69) is 15.4 Å². The number of carbonyl (C=O) groups excluding carboxylic acids is 1. The molecule has 22 heavy (non-hydrogen) atoms. The predicted octanol–water partition coefficient (Wildman–Crippen LogP) is 2.42. The van der Waals surface area contributed by atoms with Gasteiger partial charge in [-0.15, -0.1) is 0 Å². The van der Waals surface area contributed by atoms with E-state index >= 15 is 0 Å². The van der Waals surface area contributed by atoms with Crippen LogP contribution in [0.3, 0.4) is 0 Å². The molecule has 0 bridgehead atoms. The molecule has 1 rings (SSSR count). The van der Waals surface area contributed by atoms with Gasteiger partial charge in [0, 0.05) is 34.9 Å². The van der Waals surface area contributed by atoms with Crippen LogP contribution in [0, 0.1) is 0 Å². The first-order valence-corrected chi connectivity index (χ1v) is 8.54. The van der Waals surface area contributed by atoms with Gasteiger partial charge in [0.2, 0.25) is 0 Å². The summed E-state index contributed by atoms with van der Waals surface area (Å²) >= 11 is 0. The van der Waals surface area contributed by atoms with Crippen LogP contribution < -0.4 is 15.4 Å². The molecule has 0 fully saturated rings. The fourth-order valence-corrected chi connectivity index (χ4v) is 2.28. The Morgan fingerprint density at radius 2 is 2.05 bits per heavy atom. The Morgan fingerprint density at radius 3 is 2.64 bits per heavy atom. The molecule has 0 heterocycles. The Morgan fingerprint density at radius 1 is 1.36 bits per heavy atom. The van der Waals surface area contributed by atoms with E-state index < -0.39 is 29.5 Å². The van der Waals surface area contributed by atoms with Crippen molar-refractivity contribution in [3.63, 3.8) is 0 Å². The summed E-state index contributed by atoms with van der Waals surface area (Å²) in [5.74, 6) is 0.397. The van der Waals surface area contributed by atoms with Crippen LogP contribution in [0.15, 0.2) is 24.3 Å². The quantitative estimate of drug-likeness (QED) is 0.767. The van der Waals surface area contributed by atoms with Crippen molar-refractivity contribution >= 4 is 16.8 Å². The Kier molecular flexibility index (Phi) is 7.79. The minimum Gasteiger partial charge on any atom is -0.434 e. The first kappa shape index (κ1) is 18.3. The number of urea groups is 1. The van der Waals surface area contributed by atoms with Gasteiger partial charge in [-0.2, -0.15) is 8.78 Å². The van der Waals surface area contributed by atoms with Gasteiger partial charge >= 0.3 is 12.6 Å². The number of hydrogen-bond donors (Lipinski definition) is 2. The zero-order valence-corrected chi connectivity index (χ0v) is 13.3. The SMILES string of the molecule is CC[C@H](NC(=O)NCC[S@](C)=O)c1ccccc1OC(F)F. The molecule has 124 valence electrons. The van der Waals surface area contributed by atoms with Gasteiger partial charge < -0.3 is 15.4 Å². The third-order valence-corrected chi connectivity index (χ3v) is 3.68. The summed E-state index contributed by atoms with van der Waals surface area (Å²) in [6.45, 7) is -0.821. The highest BCUT2D eigenvalue weighted by atomic mass is 32.2. The monoisotopic (exact) mass is 334 g/mol. The lowest BCUT2D eigenvalue weighted by Crippen LogP contribution is -2.39. The molecule has 0 aliphatic heterocycles. The van der Waals surface area contributed by atoms with Crippen LogP contribution in [0.25, 0.3) is 0 Å².